The Bertz CT molecular complexity index is 1220. The topological polar surface area (TPSA) is 64.6 Å². The first-order chi connectivity index (χ1) is 21.7. The van der Waals surface area contributed by atoms with Crippen molar-refractivity contribution in [2.75, 3.05) is 7.11 Å². The van der Waals surface area contributed by atoms with Gasteiger partial charge in [0.25, 0.3) is 0 Å². The standard InChI is InChI=1S/C37H44O7/c1-5-22-39-32-33(40-23-6-2)35(42-25-28-14-10-8-11-15-28)37(44-27-30-18-20-31(38-4)21-19-30)36(34(32)41-24-7-3)43-26-29-16-12-9-13-17-29/h5-24,32-37H,25-27H2,1-4H3/b22-5+,23-6+,24-7+/t32?,33-,34+,35-,36-,37?/m1/s1. The highest BCUT2D eigenvalue weighted by Crippen LogP contribution is 2.36. The van der Waals surface area contributed by atoms with Crippen LogP contribution in [0.25, 0.3) is 0 Å². The summed E-state index contributed by atoms with van der Waals surface area (Å²) >= 11 is 0. The van der Waals surface area contributed by atoms with Crippen LogP contribution in [-0.2, 0) is 48.2 Å². The quantitative estimate of drug-likeness (QED) is 0.158. The third kappa shape index (κ3) is 9.23. The fraction of sp³-hybridized carbons (Fsp3) is 0.351. The van der Waals surface area contributed by atoms with Gasteiger partial charge in [-0.3, -0.25) is 0 Å². The first-order valence-electron chi connectivity index (χ1n) is 15.0. The predicted molar refractivity (Wildman–Crippen MR) is 171 cm³/mol. The zero-order valence-corrected chi connectivity index (χ0v) is 26.0. The maximum Gasteiger partial charge on any atom is 0.176 e. The van der Waals surface area contributed by atoms with Crippen molar-refractivity contribution in [3.63, 3.8) is 0 Å². The molecule has 7 nitrogen and oxygen atoms in total. The summed E-state index contributed by atoms with van der Waals surface area (Å²) in [5, 5.41) is 0. The molecule has 1 saturated carbocycles. The zero-order valence-electron chi connectivity index (χ0n) is 26.0. The highest BCUT2D eigenvalue weighted by molar-refractivity contribution is 5.27. The highest BCUT2D eigenvalue weighted by Gasteiger charge is 2.56. The molecule has 0 aliphatic heterocycles. The van der Waals surface area contributed by atoms with E-state index < -0.39 is 36.6 Å². The number of ether oxygens (including phenoxy) is 7. The van der Waals surface area contributed by atoms with Gasteiger partial charge in [0.1, 0.15) is 24.1 Å². The van der Waals surface area contributed by atoms with Crippen molar-refractivity contribution in [1.29, 1.82) is 0 Å². The third-order valence-corrected chi connectivity index (χ3v) is 7.23. The maximum absolute atomic E-state index is 6.75. The molecule has 0 bridgehead atoms. The first kappa shape index (κ1) is 32.9. The Morgan fingerprint density at radius 1 is 0.455 bits per heavy atom. The van der Waals surface area contributed by atoms with Crippen molar-refractivity contribution in [3.8, 4) is 5.75 Å². The van der Waals surface area contributed by atoms with Crippen LogP contribution >= 0.6 is 0 Å². The molecule has 1 aliphatic carbocycles. The molecule has 3 aromatic carbocycles. The van der Waals surface area contributed by atoms with Crippen LogP contribution in [0, 0.1) is 0 Å². The SMILES string of the molecule is C/C=C/OC1[C@@H](O/C=C/C)[C@@H](OCc2ccccc2)C(OCc2ccc(OC)cc2)[C@H](OCc2ccccc2)[C@H]1O/C=C/C. The minimum atomic E-state index is -0.584. The number of methoxy groups -OCH3 is 1. The largest absolute Gasteiger partial charge is 0.497 e. The van der Waals surface area contributed by atoms with Crippen LogP contribution in [0.15, 0.2) is 122 Å². The average molecular weight is 601 g/mol. The summed E-state index contributed by atoms with van der Waals surface area (Å²) in [6.07, 6.45) is 7.01. The van der Waals surface area contributed by atoms with Crippen molar-refractivity contribution >= 4 is 0 Å². The van der Waals surface area contributed by atoms with Crippen molar-refractivity contribution in [2.45, 2.75) is 77.2 Å². The van der Waals surface area contributed by atoms with Crippen molar-refractivity contribution in [1.82, 2.24) is 0 Å². The molecule has 1 aliphatic rings. The van der Waals surface area contributed by atoms with Crippen LogP contribution < -0.4 is 4.74 Å². The second kappa shape index (κ2) is 17.9. The normalized spacial score (nSPS) is 23.7. The number of hydrogen-bond donors (Lipinski definition) is 0. The molecule has 2 unspecified atom stereocenters. The number of rotatable bonds is 16. The Hall–Kier alpha value is -4.04. The van der Waals surface area contributed by atoms with E-state index in [1.54, 1.807) is 25.9 Å². The number of benzene rings is 3. The molecule has 0 radical (unpaired) electrons. The van der Waals surface area contributed by atoms with Gasteiger partial charge in [-0.1, -0.05) is 91.0 Å². The van der Waals surface area contributed by atoms with E-state index in [2.05, 4.69) is 0 Å². The van der Waals surface area contributed by atoms with Crippen LogP contribution in [-0.4, -0.2) is 43.7 Å². The smallest absolute Gasteiger partial charge is 0.176 e. The first-order valence-corrected chi connectivity index (χ1v) is 15.0. The Kier molecular flexibility index (Phi) is 13.4. The molecule has 0 spiro atoms. The lowest BCUT2D eigenvalue weighted by atomic mass is 9.83. The van der Waals surface area contributed by atoms with Gasteiger partial charge >= 0.3 is 0 Å². The van der Waals surface area contributed by atoms with Crippen molar-refractivity contribution in [2.24, 2.45) is 0 Å². The van der Waals surface area contributed by atoms with Gasteiger partial charge in [-0.25, -0.2) is 0 Å². The summed E-state index contributed by atoms with van der Waals surface area (Å²) in [5.74, 6) is 0.781. The maximum atomic E-state index is 6.75. The van der Waals surface area contributed by atoms with Gasteiger partial charge in [0.15, 0.2) is 18.3 Å². The Labute approximate surface area is 261 Å². The minimum Gasteiger partial charge on any atom is -0.497 e. The summed E-state index contributed by atoms with van der Waals surface area (Å²) in [6, 6.07) is 27.9. The molecule has 234 valence electrons. The lowest BCUT2D eigenvalue weighted by Gasteiger charge is -2.48. The van der Waals surface area contributed by atoms with Gasteiger partial charge in [-0.05, 0) is 49.6 Å². The van der Waals surface area contributed by atoms with Gasteiger partial charge in [-0.15, -0.1) is 0 Å². The molecule has 3 aromatic rings. The minimum absolute atomic E-state index is 0.318. The second-order valence-electron chi connectivity index (χ2n) is 10.4. The Balaban J connectivity index is 1.75. The summed E-state index contributed by atoms with van der Waals surface area (Å²) in [5.41, 5.74) is 3.05. The van der Waals surface area contributed by atoms with E-state index >= 15 is 0 Å². The van der Waals surface area contributed by atoms with E-state index in [1.165, 1.54) is 0 Å². The van der Waals surface area contributed by atoms with Gasteiger partial charge < -0.3 is 33.2 Å². The van der Waals surface area contributed by atoms with Gasteiger partial charge in [0.05, 0.1) is 45.7 Å². The predicted octanol–water partition coefficient (Wildman–Crippen LogP) is 7.52. The molecule has 0 saturated heterocycles. The molecule has 0 N–H and O–H groups in total. The third-order valence-electron chi connectivity index (χ3n) is 7.23. The molecule has 7 heteroatoms. The molecule has 0 heterocycles. The van der Waals surface area contributed by atoms with E-state index in [9.17, 15) is 0 Å². The van der Waals surface area contributed by atoms with Crippen LogP contribution in [0.3, 0.4) is 0 Å². The monoisotopic (exact) mass is 600 g/mol. The van der Waals surface area contributed by atoms with E-state index in [-0.39, 0.29) is 0 Å². The summed E-state index contributed by atoms with van der Waals surface area (Å²) in [7, 11) is 1.65. The fourth-order valence-corrected chi connectivity index (χ4v) is 5.11. The van der Waals surface area contributed by atoms with Gasteiger partial charge in [0, 0.05) is 0 Å². The molecule has 1 fully saturated rings. The van der Waals surface area contributed by atoms with E-state index in [0.717, 1.165) is 22.4 Å². The highest BCUT2D eigenvalue weighted by atomic mass is 16.6. The molecule has 6 atom stereocenters. The molecular weight excluding hydrogens is 556 g/mol. The molecule has 44 heavy (non-hydrogen) atoms. The number of allylic oxidation sites excluding steroid dienone is 3. The molecule has 0 aromatic heterocycles. The summed E-state index contributed by atoms with van der Waals surface area (Å²) in [6.45, 7) is 6.74. The Morgan fingerprint density at radius 3 is 1.16 bits per heavy atom. The van der Waals surface area contributed by atoms with E-state index in [1.807, 2.05) is 124 Å². The average Bonchev–Trinajstić information content (AvgIpc) is 3.07. The lowest BCUT2D eigenvalue weighted by molar-refractivity contribution is -0.265. The fourth-order valence-electron chi connectivity index (χ4n) is 5.11. The van der Waals surface area contributed by atoms with Gasteiger partial charge in [-0.2, -0.15) is 0 Å². The van der Waals surface area contributed by atoms with E-state index in [4.69, 9.17) is 33.2 Å². The summed E-state index contributed by atoms with van der Waals surface area (Å²) < 4.78 is 44.5. The lowest BCUT2D eigenvalue weighted by Crippen LogP contribution is -2.66. The van der Waals surface area contributed by atoms with Crippen molar-refractivity contribution < 1.29 is 33.2 Å². The van der Waals surface area contributed by atoms with Crippen LogP contribution in [0.1, 0.15) is 37.5 Å². The molecule has 4 rings (SSSR count). The summed E-state index contributed by atoms with van der Waals surface area (Å²) in [4.78, 5) is 0. The van der Waals surface area contributed by atoms with E-state index in [0.29, 0.717) is 19.8 Å². The van der Waals surface area contributed by atoms with Crippen LogP contribution in [0.4, 0.5) is 0 Å². The van der Waals surface area contributed by atoms with Crippen LogP contribution in [0.2, 0.25) is 0 Å². The molecular formula is C37H44O7. The van der Waals surface area contributed by atoms with Gasteiger partial charge in [0.2, 0.25) is 0 Å². The zero-order chi connectivity index (χ0) is 31.0. The van der Waals surface area contributed by atoms with Crippen molar-refractivity contribution in [3.05, 3.63) is 139 Å². The van der Waals surface area contributed by atoms with Crippen LogP contribution in [0.5, 0.6) is 5.75 Å². The Morgan fingerprint density at radius 2 is 0.795 bits per heavy atom. The number of hydrogen-bond acceptors (Lipinski definition) is 7. The molecule has 0 amide bonds. The second-order valence-corrected chi connectivity index (χ2v) is 10.4.